The van der Waals surface area contributed by atoms with Crippen molar-refractivity contribution in [3.05, 3.63) is 144 Å². The van der Waals surface area contributed by atoms with E-state index in [1.54, 1.807) is 36.4 Å². The largest absolute Gasteiger partial charge is 0.505 e. The Hall–Kier alpha value is -7.16. The standard InChI is InChI=1S/C45H41N7O6S/c1-28-25-42(52-50-40-21-10-32-27-36(18-20-39(32)44(40)53)47-34-15-11-33(46)12-16-34)29(2)24-41(28)51-49-35-13-8-30(9-14-35)45(54)48-37-17-19-38-31(26-37)6-5-7-43(38)58-22-3-4-23-59(55,56)57/h5-21,24-27,47,53H,3-4,22-23,46H2,1-2H3,(H,48,54)(H,55,56,57). The first kappa shape index (κ1) is 40.1. The number of hydrogen-bond acceptors (Lipinski definition) is 11. The second-order valence-corrected chi connectivity index (χ2v) is 15.5. The van der Waals surface area contributed by atoms with Gasteiger partial charge in [-0.15, -0.1) is 5.11 Å². The molecule has 0 fully saturated rings. The zero-order valence-corrected chi connectivity index (χ0v) is 33.1. The Kier molecular flexibility index (Phi) is 11.9. The lowest BCUT2D eigenvalue weighted by atomic mass is 10.1. The van der Waals surface area contributed by atoms with Crippen LogP contribution in [0.1, 0.15) is 34.3 Å². The molecule has 0 unspecified atom stereocenters. The molecule has 0 aliphatic carbocycles. The summed E-state index contributed by atoms with van der Waals surface area (Å²) in [5.74, 6) is 0.0871. The quantitative estimate of drug-likeness (QED) is 0.0309. The number of nitrogens with two attached hydrogens (primary N) is 1. The minimum absolute atomic E-state index is 0.0376. The van der Waals surface area contributed by atoms with Gasteiger partial charge in [-0.25, -0.2) is 0 Å². The number of aryl methyl sites for hydroxylation is 2. The van der Waals surface area contributed by atoms with Crippen LogP contribution in [0.15, 0.2) is 148 Å². The number of phenolic OH excluding ortho intramolecular Hbond substituents is 1. The van der Waals surface area contributed by atoms with Crippen molar-refractivity contribution in [2.24, 2.45) is 20.5 Å². The number of unbranched alkanes of at least 4 members (excludes halogenated alkanes) is 1. The topological polar surface area (TPSA) is 200 Å². The Labute approximate surface area is 341 Å². The van der Waals surface area contributed by atoms with E-state index in [0.29, 0.717) is 70.3 Å². The Morgan fingerprint density at radius 1 is 0.678 bits per heavy atom. The second kappa shape index (κ2) is 17.5. The fraction of sp³-hybridized carbons (Fsp3) is 0.133. The van der Waals surface area contributed by atoms with E-state index in [0.717, 1.165) is 38.7 Å². The van der Waals surface area contributed by atoms with Crippen LogP contribution in [0.25, 0.3) is 21.5 Å². The van der Waals surface area contributed by atoms with Gasteiger partial charge < -0.3 is 26.2 Å². The van der Waals surface area contributed by atoms with E-state index in [1.165, 1.54) is 0 Å². The summed E-state index contributed by atoms with van der Waals surface area (Å²) in [5, 5.41) is 38.2. The number of aromatic hydroxyl groups is 1. The molecule has 0 aromatic heterocycles. The minimum Gasteiger partial charge on any atom is -0.505 e. The average molecular weight is 808 g/mol. The number of fused-ring (bicyclic) bond motifs is 2. The summed E-state index contributed by atoms with van der Waals surface area (Å²) < 4.78 is 36.6. The number of nitrogens with zero attached hydrogens (tertiary/aromatic N) is 4. The number of ether oxygens (including phenoxy) is 1. The van der Waals surface area contributed by atoms with E-state index in [1.807, 2.05) is 105 Å². The highest BCUT2D eigenvalue weighted by atomic mass is 32.2. The zero-order chi connectivity index (χ0) is 41.5. The van der Waals surface area contributed by atoms with Crippen molar-refractivity contribution in [2.75, 3.05) is 28.7 Å². The van der Waals surface area contributed by atoms with Gasteiger partial charge >= 0.3 is 0 Å². The number of hydrogen-bond donors (Lipinski definition) is 5. The molecule has 0 spiro atoms. The van der Waals surface area contributed by atoms with Gasteiger partial charge in [0, 0.05) is 39.1 Å². The van der Waals surface area contributed by atoms with Crippen molar-refractivity contribution in [3.8, 4) is 11.5 Å². The molecule has 1 amide bonds. The van der Waals surface area contributed by atoms with E-state index in [4.69, 9.17) is 15.0 Å². The second-order valence-electron chi connectivity index (χ2n) is 14.0. The Morgan fingerprint density at radius 2 is 1.31 bits per heavy atom. The van der Waals surface area contributed by atoms with Crippen molar-refractivity contribution < 1.29 is 27.6 Å². The van der Waals surface area contributed by atoms with Crippen LogP contribution >= 0.6 is 0 Å². The molecule has 7 rings (SSSR count). The Bertz CT molecular complexity index is 2850. The van der Waals surface area contributed by atoms with E-state index in [2.05, 4.69) is 31.1 Å². The lowest BCUT2D eigenvalue weighted by Crippen LogP contribution is -2.11. The molecule has 0 aliphatic heterocycles. The van der Waals surface area contributed by atoms with Gasteiger partial charge in [0.1, 0.15) is 11.4 Å². The van der Waals surface area contributed by atoms with Crippen LogP contribution < -0.4 is 21.1 Å². The van der Waals surface area contributed by atoms with E-state index in [9.17, 15) is 18.3 Å². The number of amides is 1. The van der Waals surface area contributed by atoms with Crippen LogP contribution in [0.2, 0.25) is 0 Å². The van der Waals surface area contributed by atoms with E-state index < -0.39 is 10.1 Å². The molecule has 59 heavy (non-hydrogen) atoms. The molecule has 14 heteroatoms. The summed E-state index contributed by atoms with van der Waals surface area (Å²) in [6.45, 7) is 4.11. The third kappa shape index (κ3) is 10.2. The minimum atomic E-state index is -3.99. The maximum absolute atomic E-state index is 13.1. The van der Waals surface area contributed by atoms with E-state index >= 15 is 0 Å². The SMILES string of the molecule is Cc1cc(N=Nc2ccc3cc(Nc4ccc(N)cc4)ccc3c2O)c(C)cc1N=Nc1ccc(C(=O)Nc2ccc3c(OCCCCS(=O)(=O)O)cccc3c2)cc1. The van der Waals surface area contributed by atoms with Gasteiger partial charge in [0.2, 0.25) is 0 Å². The van der Waals surface area contributed by atoms with Crippen molar-refractivity contribution in [3.63, 3.8) is 0 Å². The highest BCUT2D eigenvalue weighted by Gasteiger charge is 2.12. The van der Waals surface area contributed by atoms with Gasteiger partial charge in [-0.2, -0.15) is 23.8 Å². The molecular weight excluding hydrogens is 767 g/mol. The lowest BCUT2D eigenvalue weighted by Gasteiger charge is -2.11. The Morgan fingerprint density at radius 3 is 2.03 bits per heavy atom. The molecule has 0 atom stereocenters. The fourth-order valence-corrected chi connectivity index (χ4v) is 6.89. The molecule has 0 radical (unpaired) electrons. The summed E-state index contributed by atoms with van der Waals surface area (Å²) in [6, 6.07) is 38.4. The molecule has 0 saturated carbocycles. The van der Waals surface area contributed by atoms with Gasteiger partial charge in [0.15, 0.2) is 5.75 Å². The zero-order valence-electron chi connectivity index (χ0n) is 32.3. The molecule has 6 N–H and O–H groups in total. The highest BCUT2D eigenvalue weighted by molar-refractivity contribution is 7.85. The number of phenols is 1. The first-order valence-corrected chi connectivity index (χ1v) is 20.3. The van der Waals surface area contributed by atoms with Gasteiger partial charge in [0.25, 0.3) is 16.0 Å². The molecule has 0 aliphatic rings. The summed E-state index contributed by atoms with van der Waals surface area (Å²) >= 11 is 0. The molecular formula is C45H41N7O6S. The summed E-state index contributed by atoms with van der Waals surface area (Å²) in [5.41, 5.74) is 13.2. The van der Waals surface area contributed by atoms with Crippen molar-refractivity contribution in [2.45, 2.75) is 26.7 Å². The predicted molar refractivity (Wildman–Crippen MR) is 234 cm³/mol. The first-order chi connectivity index (χ1) is 28.4. The van der Waals surface area contributed by atoms with Crippen LogP contribution in [0.5, 0.6) is 11.5 Å². The van der Waals surface area contributed by atoms with Crippen LogP contribution in [-0.4, -0.2) is 36.3 Å². The van der Waals surface area contributed by atoms with Crippen LogP contribution in [-0.2, 0) is 10.1 Å². The van der Waals surface area contributed by atoms with Crippen molar-refractivity contribution in [1.29, 1.82) is 0 Å². The maximum atomic E-state index is 13.1. The Balaban J connectivity index is 0.958. The predicted octanol–water partition coefficient (Wildman–Crippen LogP) is 11.8. The third-order valence-electron chi connectivity index (χ3n) is 9.50. The summed E-state index contributed by atoms with van der Waals surface area (Å²) in [4.78, 5) is 13.1. The molecule has 0 heterocycles. The summed E-state index contributed by atoms with van der Waals surface area (Å²) in [6.07, 6.45) is 0.766. The van der Waals surface area contributed by atoms with Gasteiger partial charge in [-0.1, -0.05) is 18.2 Å². The maximum Gasteiger partial charge on any atom is 0.264 e. The van der Waals surface area contributed by atoms with E-state index in [-0.39, 0.29) is 17.4 Å². The van der Waals surface area contributed by atoms with Crippen molar-refractivity contribution >= 4 is 83.1 Å². The van der Waals surface area contributed by atoms with Crippen LogP contribution in [0.4, 0.5) is 45.5 Å². The molecule has 0 bridgehead atoms. The normalized spacial score (nSPS) is 11.8. The summed E-state index contributed by atoms with van der Waals surface area (Å²) in [7, 11) is -3.99. The number of carbonyl (C=O) groups is 1. The first-order valence-electron chi connectivity index (χ1n) is 18.7. The molecule has 7 aromatic rings. The monoisotopic (exact) mass is 807 g/mol. The number of nitrogen functional groups attached to an aromatic ring is 1. The average Bonchev–Trinajstić information content (AvgIpc) is 3.21. The van der Waals surface area contributed by atoms with Gasteiger partial charge in [0.05, 0.1) is 29.4 Å². The van der Waals surface area contributed by atoms with Gasteiger partial charge in [-0.3, -0.25) is 9.35 Å². The molecule has 0 saturated heterocycles. The molecule has 13 nitrogen and oxygen atoms in total. The number of anilines is 4. The highest BCUT2D eigenvalue weighted by Crippen LogP contribution is 2.38. The molecule has 298 valence electrons. The number of azo groups is 2. The lowest BCUT2D eigenvalue weighted by molar-refractivity contribution is 0.102. The number of nitrogens with one attached hydrogen (secondary N) is 2. The van der Waals surface area contributed by atoms with Crippen molar-refractivity contribution in [1.82, 2.24) is 0 Å². The number of benzene rings is 7. The van der Waals surface area contributed by atoms with Gasteiger partial charge in [-0.05, 0) is 158 Å². The van der Waals surface area contributed by atoms with Crippen LogP contribution in [0.3, 0.4) is 0 Å². The smallest absolute Gasteiger partial charge is 0.264 e. The fourth-order valence-electron chi connectivity index (χ4n) is 6.32. The number of rotatable bonds is 14. The van der Waals surface area contributed by atoms with Crippen LogP contribution in [0, 0.1) is 13.8 Å². The molecule has 7 aromatic carbocycles. The number of carbonyl (C=O) groups excluding carboxylic acids is 1. The third-order valence-corrected chi connectivity index (χ3v) is 10.3.